The van der Waals surface area contributed by atoms with Crippen LogP contribution in [0.3, 0.4) is 0 Å². The molecule has 2 aliphatic heterocycles. The minimum atomic E-state index is -1.87. The summed E-state index contributed by atoms with van der Waals surface area (Å²) in [4.78, 5) is 47.0. The summed E-state index contributed by atoms with van der Waals surface area (Å²) in [6.45, 7) is 13.1. The third-order valence-corrected chi connectivity index (χ3v) is 14.5. The van der Waals surface area contributed by atoms with Crippen LogP contribution in [0.2, 0.25) is 0 Å². The van der Waals surface area contributed by atoms with E-state index in [1.165, 1.54) is 26.2 Å². The van der Waals surface area contributed by atoms with Gasteiger partial charge < -0.3 is 49.7 Å². The average Bonchev–Trinajstić information content (AvgIpc) is 3.78. The van der Waals surface area contributed by atoms with Crippen LogP contribution in [0.4, 0.5) is 5.69 Å². The molecule has 19 nitrogen and oxygen atoms in total. The van der Waals surface area contributed by atoms with Crippen molar-refractivity contribution in [1.29, 1.82) is 0 Å². The molecule has 0 unspecified atom stereocenters. The molecule has 3 aliphatic rings. The van der Waals surface area contributed by atoms with Crippen LogP contribution in [0, 0.1) is 27.9 Å². The lowest BCUT2D eigenvalue weighted by molar-refractivity contribution is -0.384. The molecule has 0 bridgehead atoms. The number of nitrogens with zero attached hydrogens (tertiary/aromatic N) is 6. The molecule has 3 heterocycles. The molecule has 66 heavy (non-hydrogen) atoms. The highest BCUT2D eigenvalue weighted by atomic mass is 16.7. The van der Waals surface area contributed by atoms with Crippen LogP contribution < -0.4 is 5.73 Å². The fourth-order valence-corrected chi connectivity index (χ4v) is 9.67. The van der Waals surface area contributed by atoms with Gasteiger partial charge in [0.25, 0.3) is 5.69 Å². The highest BCUT2D eigenvalue weighted by molar-refractivity contribution is 6.00. The molecule has 5 rings (SSSR count). The van der Waals surface area contributed by atoms with Crippen LogP contribution in [0.5, 0.6) is 0 Å². The van der Waals surface area contributed by atoms with Crippen molar-refractivity contribution in [2.75, 3.05) is 20.7 Å². The second kappa shape index (κ2) is 23.4. The Morgan fingerprint density at radius 3 is 2.36 bits per heavy atom. The standard InChI is InChI=1S/C47H75N7O12/c1-10-39-47(59,11-2)42(57)29(4)37(50-66-36-18-14-33(48)15-19-36)20-23-46(7,62-9)43(30(5)40(55)31(6)44(58)64-39)65-45-41(56)38(26-28(3)63-45)52(8)24-22-34-27-53(51-49-34)25-21-32-12-16-35(17-13-32)54(60)61/h12-13,16-17,27-31,33,36,38-39,41-43,45,56-57,59H,10-11,14-15,18-26,48H2,1-9H3/b50-37+/t28-,29+,30+,31-,33?,36?,38+,39-,41-,42-,43-,45+,46-,47-/m1/s1. The number of oxime groups is 1. The van der Waals surface area contributed by atoms with Gasteiger partial charge in [0, 0.05) is 68.9 Å². The molecule has 19 heteroatoms. The number of nitrogens with two attached hydrogens (primary N) is 1. The number of non-ortho nitro benzene ring substituents is 1. The highest BCUT2D eigenvalue weighted by Gasteiger charge is 2.51. The molecule has 1 aliphatic carbocycles. The summed E-state index contributed by atoms with van der Waals surface area (Å²) in [6, 6.07) is 6.11. The summed E-state index contributed by atoms with van der Waals surface area (Å²) < 4.78 is 27.0. The molecule has 1 aromatic heterocycles. The van der Waals surface area contributed by atoms with Gasteiger partial charge in [0.15, 0.2) is 12.1 Å². The number of hydrogen-bond acceptors (Lipinski definition) is 17. The van der Waals surface area contributed by atoms with E-state index in [-0.39, 0.29) is 49.6 Å². The molecule has 5 N–H and O–H groups in total. The van der Waals surface area contributed by atoms with E-state index in [0.717, 1.165) is 36.9 Å². The maximum Gasteiger partial charge on any atom is 0.316 e. The van der Waals surface area contributed by atoms with Crippen molar-refractivity contribution < 1.29 is 53.6 Å². The van der Waals surface area contributed by atoms with Crippen LogP contribution in [0.1, 0.15) is 118 Å². The minimum Gasteiger partial charge on any atom is -0.459 e. The van der Waals surface area contributed by atoms with Crippen molar-refractivity contribution >= 4 is 23.2 Å². The number of hydrogen-bond donors (Lipinski definition) is 4. The summed E-state index contributed by atoms with van der Waals surface area (Å²) in [7, 11) is 3.42. The maximum atomic E-state index is 14.4. The number of benzene rings is 1. The number of carbonyl (C=O) groups excluding carboxylic acids is 2. The number of methoxy groups -OCH3 is 1. The van der Waals surface area contributed by atoms with Crippen LogP contribution in [0.25, 0.3) is 0 Å². The Morgan fingerprint density at radius 2 is 1.74 bits per heavy atom. The number of likely N-dealkylation sites (N-methyl/N-ethyl adjacent to an activating group) is 1. The third kappa shape index (κ3) is 12.8. The molecule has 1 aromatic carbocycles. The van der Waals surface area contributed by atoms with Gasteiger partial charge in [-0.1, -0.05) is 50.2 Å². The number of aromatic nitrogens is 3. The number of nitro benzene ring substituents is 1. The lowest BCUT2D eigenvalue weighted by Crippen LogP contribution is -2.60. The van der Waals surface area contributed by atoms with E-state index in [1.54, 1.807) is 51.4 Å². The predicted molar refractivity (Wildman–Crippen MR) is 244 cm³/mol. The number of carbonyl (C=O) groups is 2. The van der Waals surface area contributed by atoms with E-state index in [1.807, 2.05) is 25.1 Å². The van der Waals surface area contributed by atoms with Gasteiger partial charge in [-0.25, -0.2) is 0 Å². The minimum absolute atomic E-state index is 0.0393. The number of aryl methyl sites for hydroxylation is 2. The fourth-order valence-electron chi connectivity index (χ4n) is 9.67. The summed E-state index contributed by atoms with van der Waals surface area (Å²) in [5, 5.41) is 60.4. The first-order valence-electron chi connectivity index (χ1n) is 23.7. The van der Waals surface area contributed by atoms with Gasteiger partial charge >= 0.3 is 5.97 Å². The van der Waals surface area contributed by atoms with Gasteiger partial charge in [-0.2, -0.15) is 0 Å². The summed E-state index contributed by atoms with van der Waals surface area (Å²) >= 11 is 0. The molecule has 12 atom stereocenters. The summed E-state index contributed by atoms with van der Waals surface area (Å²) in [5.41, 5.74) is 5.21. The van der Waals surface area contributed by atoms with E-state index in [0.29, 0.717) is 38.1 Å². The van der Waals surface area contributed by atoms with Crippen molar-refractivity contribution in [2.24, 2.45) is 28.6 Å². The van der Waals surface area contributed by atoms with Crippen molar-refractivity contribution in [3.8, 4) is 0 Å². The molecule has 2 saturated heterocycles. The molecule has 0 spiro atoms. The first-order chi connectivity index (χ1) is 31.2. The largest absolute Gasteiger partial charge is 0.459 e. The molecule has 3 fully saturated rings. The van der Waals surface area contributed by atoms with E-state index in [9.17, 15) is 35.0 Å². The second-order valence-corrected chi connectivity index (χ2v) is 19.1. The first kappa shape index (κ1) is 53.0. The number of rotatable bonds is 15. The number of esters is 1. The molecular weight excluding hydrogens is 855 g/mol. The van der Waals surface area contributed by atoms with Crippen LogP contribution in [-0.4, -0.2) is 145 Å². The number of aliphatic hydroxyl groups excluding tert-OH is 2. The SMILES string of the molecule is CC[C@H]1OC(=O)[C@H](C)C(=O)[C@H](C)[C@@H](O[C@@H]2O[C@H](C)C[C@H](N(C)CCc3cn(CCc4ccc([N+](=O)[O-])cc4)nn3)[C@H]2O)[C@](C)(OC)CC/C(=N\OC2CCC(N)CC2)[C@H](C)[C@@H](O)[C@@]1(O)CC. The van der Waals surface area contributed by atoms with Gasteiger partial charge in [-0.05, 0) is 97.6 Å². The van der Waals surface area contributed by atoms with E-state index in [2.05, 4.69) is 15.5 Å². The van der Waals surface area contributed by atoms with Gasteiger partial charge in [-0.3, -0.25) is 24.4 Å². The van der Waals surface area contributed by atoms with Gasteiger partial charge in [0.05, 0.1) is 40.2 Å². The van der Waals surface area contributed by atoms with Crippen LogP contribution in [0.15, 0.2) is 35.6 Å². The topological polar surface area (TPSA) is 256 Å². The normalized spacial score (nSPS) is 35.9. The zero-order valence-corrected chi connectivity index (χ0v) is 40.3. The molecule has 1 saturated carbocycles. The molecular formula is C47H75N7O12. The number of ketones is 1. The Labute approximate surface area is 388 Å². The smallest absolute Gasteiger partial charge is 0.316 e. The number of nitro groups is 1. The van der Waals surface area contributed by atoms with Crippen molar-refractivity contribution in [3.63, 3.8) is 0 Å². The Hall–Kier alpha value is -3.95. The zero-order valence-electron chi connectivity index (χ0n) is 40.3. The predicted octanol–water partition coefficient (Wildman–Crippen LogP) is 4.30. The second-order valence-electron chi connectivity index (χ2n) is 19.1. The highest BCUT2D eigenvalue weighted by Crippen LogP contribution is 2.38. The van der Waals surface area contributed by atoms with E-state index >= 15 is 0 Å². The Morgan fingerprint density at radius 1 is 1.06 bits per heavy atom. The van der Waals surface area contributed by atoms with Crippen LogP contribution in [-0.2, 0) is 52.8 Å². The van der Waals surface area contributed by atoms with Crippen LogP contribution >= 0.6 is 0 Å². The third-order valence-electron chi connectivity index (χ3n) is 14.5. The quantitative estimate of drug-likeness (QED) is 0.0841. The lowest BCUT2D eigenvalue weighted by atomic mass is 9.75. The summed E-state index contributed by atoms with van der Waals surface area (Å²) in [5.74, 6) is -4.36. The number of aliphatic hydroxyl groups is 3. The van der Waals surface area contributed by atoms with Crippen molar-refractivity contribution in [2.45, 2.75) is 192 Å². The van der Waals surface area contributed by atoms with Crippen molar-refractivity contribution in [3.05, 3.63) is 51.8 Å². The Bertz CT molecular complexity index is 1930. The zero-order chi connectivity index (χ0) is 48.5. The van der Waals surface area contributed by atoms with Gasteiger partial charge in [0.1, 0.15) is 29.8 Å². The van der Waals surface area contributed by atoms with Gasteiger partial charge in [0.2, 0.25) is 0 Å². The first-order valence-corrected chi connectivity index (χ1v) is 23.7. The molecule has 0 radical (unpaired) electrons. The van der Waals surface area contributed by atoms with E-state index < -0.39 is 82.4 Å². The van der Waals surface area contributed by atoms with Gasteiger partial charge in [-0.15, -0.1) is 5.10 Å². The molecule has 2 aromatic rings. The Kier molecular flexibility index (Phi) is 18.8. The fraction of sp³-hybridized carbons (Fsp3) is 0.766. The molecule has 370 valence electrons. The average molecular weight is 930 g/mol. The Balaban J connectivity index is 1.36. The van der Waals surface area contributed by atoms with E-state index in [4.69, 9.17) is 29.5 Å². The summed E-state index contributed by atoms with van der Waals surface area (Å²) in [6.07, 6.45) is 0.639. The number of cyclic esters (lactones) is 1. The number of Topliss-reactive ketones (excluding diaryl/α,β-unsaturated/α-hetero) is 1. The van der Waals surface area contributed by atoms with Crippen molar-refractivity contribution in [1.82, 2.24) is 19.9 Å². The molecule has 0 amide bonds. The maximum absolute atomic E-state index is 14.4. The number of ether oxygens (including phenoxy) is 4. The monoisotopic (exact) mass is 930 g/mol. The lowest BCUT2D eigenvalue weighted by Gasteiger charge is -2.47.